The predicted molar refractivity (Wildman–Crippen MR) is 77.2 cm³/mol. The van der Waals surface area contributed by atoms with Gasteiger partial charge >= 0.3 is 6.09 Å². The van der Waals surface area contributed by atoms with Gasteiger partial charge in [-0.3, -0.25) is 4.21 Å². The van der Waals surface area contributed by atoms with E-state index in [2.05, 4.69) is 18.5 Å². The third kappa shape index (κ3) is 7.79. The van der Waals surface area contributed by atoms with Crippen molar-refractivity contribution in [3.8, 4) is 0 Å². The van der Waals surface area contributed by atoms with E-state index in [4.69, 9.17) is 4.74 Å². The van der Waals surface area contributed by atoms with E-state index < -0.39 is 28.5 Å². The molecule has 0 heterocycles. The van der Waals surface area contributed by atoms with Crippen molar-refractivity contribution in [1.82, 2.24) is 5.32 Å². The molecule has 0 spiro atoms. The van der Waals surface area contributed by atoms with Gasteiger partial charge < -0.3 is 15.2 Å². The van der Waals surface area contributed by atoms with Crippen LogP contribution in [0.25, 0.3) is 0 Å². The van der Waals surface area contributed by atoms with Crippen LogP contribution in [0.4, 0.5) is 4.79 Å². The van der Waals surface area contributed by atoms with Crippen LogP contribution >= 0.6 is 0 Å². The minimum Gasteiger partial charge on any atom is -0.444 e. The first-order chi connectivity index (χ1) is 8.56. The molecule has 0 unspecified atom stereocenters. The molecule has 0 aromatic heterocycles. The van der Waals surface area contributed by atoms with E-state index in [9.17, 15) is 14.1 Å². The van der Waals surface area contributed by atoms with Crippen molar-refractivity contribution in [1.29, 1.82) is 0 Å². The number of hydrogen-bond donors (Lipinski definition) is 2. The molecule has 0 fully saturated rings. The maximum absolute atomic E-state index is 11.9. The number of aliphatic hydroxyl groups excluding tert-OH is 1. The summed E-state index contributed by atoms with van der Waals surface area (Å²) in [6.45, 7) is 13.9. The van der Waals surface area contributed by atoms with Crippen LogP contribution in [0.2, 0.25) is 0 Å². The van der Waals surface area contributed by atoms with Crippen molar-refractivity contribution < 1.29 is 18.8 Å². The van der Waals surface area contributed by atoms with Gasteiger partial charge in [-0.2, -0.15) is 0 Å². The predicted octanol–water partition coefficient (Wildman–Crippen LogP) is 1.71. The molecule has 0 aliphatic heterocycles. The zero-order chi connectivity index (χ0) is 15.2. The standard InChI is InChI=1S/C13H23NO4S/c1-9(2)10(3)19(17)8-11(7-15)14-12(16)18-13(4,5)6/h11,15H,1,3,7-8H2,2,4-6H3,(H,14,16)/t11-,19-/m1/s1. The maximum Gasteiger partial charge on any atom is 0.407 e. The van der Waals surface area contributed by atoms with E-state index in [-0.39, 0.29) is 12.4 Å². The summed E-state index contributed by atoms with van der Waals surface area (Å²) in [6.07, 6.45) is -0.649. The van der Waals surface area contributed by atoms with Crippen molar-refractivity contribution in [2.24, 2.45) is 0 Å². The second kappa shape index (κ2) is 7.45. The molecule has 0 saturated heterocycles. The Labute approximate surface area is 117 Å². The molecule has 5 nitrogen and oxygen atoms in total. The van der Waals surface area contributed by atoms with Gasteiger partial charge in [0, 0.05) is 4.91 Å². The Kier molecular flexibility index (Phi) is 7.00. The topological polar surface area (TPSA) is 75.6 Å². The molecule has 110 valence electrons. The first-order valence-corrected chi connectivity index (χ1v) is 7.22. The number of rotatable bonds is 6. The van der Waals surface area contributed by atoms with Crippen LogP contribution in [0.5, 0.6) is 0 Å². The Morgan fingerprint density at radius 1 is 1.42 bits per heavy atom. The van der Waals surface area contributed by atoms with Gasteiger partial charge in [0.05, 0.1) is 29.2 Å². The summed E-state index contributed by atoms with van der Waals surface area (Å²) in [5.74, 6) is 0.0709. The zero-order valence-electron chi connectivity index (χ0n) is 12.0. The lowest BCUT2D eigenvalue weighted by atomic mass is 10.2. The summed E-state index contributed by atoms with van der Waals surface area (Å²) < 4.78 is 16.9. The van der Waals surface area contributed by atoms with Crippen LogP contribution in [0, 0.1) is 0 Å². The number of nitrogens with one attached hydrogen (secondary N) is 1. The fourth-order valence-electron chi connectivity index (χ4n) is 1.09. The second-order valence-electron chi connectivity index (χ2n) is 5.24. The summed E-state index contributed by atoms with van der Waals surface area (Å²) >= 11 is 0. The largest absolute Gasteiger partial charge is 0.444 e. The Morgan fingerprint density at radius 3 is 2.32 bits per heavy atom. The molecular formula is C13H23NO4S. The third-order valence-electron chi connectivity index (χ3n) is 2.04. The molecule has 0 rings (SSSR count). The molecule has 0 aliphatic carbocycles. The number of carbonyl (C=O) groups excluding carboxylic acids is 1. The van der Waals surface area contributed by atoms with Crippen LogP contribution in [-0.4, -0.2) is 39.4 Å². The van der Waals surface area contributed by atoms with E-state index in [0.717, 1.165) is 0 Å². The number of alkyl carbamates (subject to hydrolysis) is 1. The lowest BCUT2D eigenvalue weighted by molar-refractivity contribution is 0.0491. The SMILES string of the molecule is C=C(C)C(=C)[S@](=O)C[C@@H](CO)NC(=O)OC(C)(C)C. The van der Waals surface area contributed by atoms with Gasteiger partial charge in [0.1, 0.15) is 5.60 Å². The Morgan fingerprint density at radius 2 is 1.95 bits per heavy atom. The minimum absolute atomic E-state index is 0.0709. The van der Waals surface area contributed by atoms with E-state index in [1.54, 1.807) is 27.7 Å². The van der Waals surface area contributed by atoms with Gasteiger partial charge in [-0.25, -0.2) is 4.79 Å². The van der Waals surface area contributed by atoms with Crippen molar-refractivity contribution >= 4 is 16.9 Å². The highest BCUT2D eigenvalue weighted by molar-refractivity contribution is 7.89. The smallest absolute Gasteiger partial charge is 0.407 e. The van der Waals surface area contributed by atoms with Crippen molar-refractivity contribution in [3.05, 3.63) is 23.6 Å². The molecule has 1 amide bonds. The average molecular weight is 289 g/mol. The molecule has 2 N–H and O–H groups in total. The van der Waals surface area contributed by atoms with Crippen LogP contribution < -0.4 is 5.32 Å². The maximum atomic E-state index is 11.9. The number of amides is 1. The van der Waals surface area contributed by atoms with Crippen molar-refractivity contribution in [2.45, 2.75) is 39.3 Å². The molecule has 0 aromatic carbocycles. The molecule has 6 heteroatoms. The molecule has 0 saturated carbocycles. The molecule has 2 atom stereocenters. The number of allylic oxidation sites excluding steroid dienone is 1. The highest BCUT2D eigenvalue weighted by Crippen LogP contribution is 2.11. The monoisotopic (exact) mass is 289 g/mol. The summed E-state index contributed by atoms with van der Waals surface area (Å²) in [5.41, 5.74) is -0.00263. The van der Waals surface area contributed by atoms with Crippen molar-refractivity contribution in [3.63, 3.8) is 0 Å². The van der Waals surface area contributed by atoms with Gasteiger partial charge in [-0.05, 0) is 33.3 Å². The number of hydrogen-bond acceptors (Lipinski definition) is 4. The third-order valence-corrected chi connectivity index (χ3v) is 3.65. The van der Waals surface area contributed by atoms with Gasteiger partial charge in [0.15, 0.2) is 0 Å². The molecule has 0 aliphatic rings. The minimum atomic E-state index is -1.39. The molecule has 0 aromatic rings. The Hall–Kier alpha value is -1.14. The van der Waals surface area contributed by atoms with Crippen LogP contribution in [0.3, 0.4) is 0 Å². The highest BCUT2D eigenvalue weighted by Gasteiger charge is 2.21. The van der Waals surface area contributed by atoms with Gasteiger partial charge in [0.2, 0.25) is 0 Å². The number of carbonyl (C=O) groups is 1. The summed E-state index contributed by atoms with van der Waals surface area (Å²) in [5, 5.41) is 11.7. The quantitative estimate of drug-likeness (QED) is 0.730. The Balaban J connectivity index is 4.45. The zero-order valence-corrected chi connectivity index (χ0v) is 12.8. The van der Waals surface area contributed by atoms with Gasteiger partial charge in [-0.15, -0.1) is 0 Å². The van der Waals surface area contributed by atoms with Crippen LogP contribution in [-0.2, 0) is 15.5 Å². The van der Waals surface area contributed by atoms with E-state index in [0.29, 0.717) is 10.5 Å². The van der Waals surface area contributed by atoms with Crippen molar-refractivity contribution in [2.75, 3.05) is 12.4 Å². The fourth-order valence-corrected chi connectivity index (χ4v) is 2.24. The van der Waals surface area contributed by atoms with E-state index >= 15 is 0 Å². The highest BCUT2D eigenvalue weighted by atomic mass is 32.2. The average Bonchev–Trinajstić information content (AvgIpc) is 2.23. The fraction of sp³-hybridized carbons (Fsp3) is 0.615. The molecule has 0 radical (unpaired) electrons. The normalized spacial score (nSPS) is 14.4. The second-order valence-corrected chi connectivity index (χ2v) is 6.76. The first kappa shape index (κ1) is 17.9. The van der Waals surface area contributed by atoms with Gasteiger partial charge in [0.25, 0.3) is 0 Å². The summed E-state index contributed by atoms with van der Waals surface area (Å²) in [4.78, 5) is 11.9. The molecule has 19 heavy (non-hydrogen) atoms. The first-order valence-electron chi connectivity index (χ1n) is 5.90. The lowest BCUT2D eigenvalue weighted by Crippen LogP contribution is -2.43. The summed E-state index contributed by atoms with van der Waals surface area (Å²) in [7, 11) is -1.39. The van der Waals surface area contributed by atoms with Gasteiger partial charge in [-0.1, -0.05) is 13.2 Å². The van der Waals surface area contributed by atoms with Crippen LogP contribution in [0.1, 0.15) is 27.7 Å². The van der Waals surface area contributed by atoms with E-state index in [1.165, 1.54) is 0 Å². The number of aliphatic hydroxyl groups is 1. The van der Waals surface area contributed by atoms with E-state index in [1.807, 2.05) is 0 Å². The molecule has 0 bridgehead atoms. The Bertz CT molecular complexity index is 385. The van der Waals surface area contributed by atoms with Crippen LogP contribution in [0.15, 0.2) is 23.6 Å². The lowest BCUT2D eigenvalue weighted by Gasteiger charge is -2.22. The summed E-state index contributed by atoms with van der Waals surface area (Å²) in [6, 6.07) is -0.646. The molecular weight excluding hydrogens is 266 g/mol. The number of ether oxygens (including phenoxy) is 1.